The molecule has 5 nitrogen and oxygen atoms in total. The molecule has 1 aliphatic carbocycles. The average molecular weight is 346 g/mol. The first-order chi connectivity index (χ1) is 11.8. The third kappa shape index (κ3) is 3.90. The van der Waals surface area contributed by atoms with E-state index in [0.29, 0.717) is 24.3 Å². The number of halogens is 1. The van der Waals surface area contributed by atoms with Crippen LogP contribution in [-0.2, 0) is 6.54 Å². The highest BCUT2D eigenvalue weighted by Crippen LogP contribution is 2.39. The van der Waals surface area contributed by atoms with Gasteiger partial charge in [0.1, 0.15) is 11.6 Å². The zero-order valence-corrected chi connectivity index (χ0v) is 15.4. The molecule has 0 aliphatic heterocycles. The van der Waals surface area contributed by atoms with Gasteiger partial charge in [0.05, 0.1) is 6.54 Å². The van der Waals surface area contributed by atoms with E-state index in [1.165, 1.54) is 12.1 Å². The second-order valence-corrected chi connectivity index (χ2v) is 8.07. The van der Waals surface area contributed by atoms with E-state index in [-0.39, 0.29) is 17.8 Å². The van der Waals surface area contributed by atoms with E-state index in [9.17, 15) is 9.50 Å². The molecular weight excluding hydrogens is 319 g/mol. The van der Waals surface area contributed by atoms with Crippen molar-refractivity contribution in [2.45, 2.75) is 45.2 Å². The largest absolute Gasteiger partial charge is 0.396 e. The number of hydrogen-bond acceptors (Lipinski definition) is 4. The Morgan fingerprint density at radius 3 is 2.44 bits per heavy atom. The van der Waals surface area contributed by atoms with E-state index >= 15 is 0 Å². The Bertz CT molecular complexity index is 718. The van der Waals surface area contributed by atoms with Crippen molar-refractivity contribution in [3.05, 3.63) is 35.9 Å². The molecule has 1 heterocycles. The predicted octanol–water partition coefficient (Wildman–Crippen LogP) is 2.91. The molecule has 2 aromatic rings. The Labute approximate surface area is 148 Å². The molecule has 1 saturated carbocycles. The first-order valence-corrected chi connectivity index (χ1v) is 8.77. The van der Waals surface area contributed by atoms with Gasteiger partial charge in [-0.2, -0.15) is 5.10 Å². The van der Waals surface area contributed by atoms with Gasteiger partial charge in [0.2, 0.25) is 0 Å². The van der Waals surface area contributed by atoms with Gasteiger partial charge < -0.3 is 10.0 Å². The average Bonchev–Trinajstić information content (AvgIpc) is 2.89. The van der Waals surface area contributed by atoms with Crippen molar-refractivity contribution in [2.24, 2.45) is 5.41 Å². The van der Waals surface area contributed by atoms with Crippen molar-refractivity contribution in [2.75, 3.05) is 20.7 Å². The molecule has 1 aliphatic rings. The van der Waals surface area contributed by atoms with Gasteiger partial charge in [-0.3, -0.25) is 0 Å². The van der Waals surface area contributed by atoms with Crippen LogP contribution in [0.3, 0.4) is 0 Å². The number of benzene rings is 1. The maximum absolute atomic E-state index is 13.2. The van der Waals surface area contributed by atoms with Gasteiger partial charge in [-0.05, 0) is 51.2 Å². The molecule has 0 amide bonds. The van der Waals surface area contributed by atoms with E-state index < -0.39 is 0 Å². The minimum Gasteiger partial charge on any atom is -0.396 e. The molecule has 0 unspecified atom stereocenters. The number of aliphatic hydroxyl groups excluding tert-OH is 1. The zero-order valence-electron chi connectivity index (χ0n) is 15.4. The highest BCUT2D eigenvalue weighted by Gasteiger charge is 2.36. The Kier molecular flexibility index (Phi) is 4.93. The van der Waals surface area contributed by atoms with Crippen LogP contribution in [0.25, 0.3) is 11.4 Å². The summed E-state index contributed by atoms with van der Waals surface area (Å²) in [6.45, 7) is 4.72. The fourth-order valence-electron chi connectivity index (χ4n) is 3.17. The van der Waals surface area contributed by atoms with Crippen LogP contribution in [0.5, 0.6) is 0 Å². The van der Waals surface area contributed by atoms with Gasteiger partial charge in [-0.25, -0.2) is 14.1 Å². The molecular formula is C19H27FN4O. The Hall–Kier alpha value is -1.79. The van der Waals surface area contributed by atoms with Gasteiger partial charge in [0.25, 0.3) is 0 Å². The predicted molar refractivity (Wildman–Crippen MR) is 95.7 cm³/mol. The summed E-state index contributed by atoms with van der Waals surface area (Å²) in [7, 11) is 4.20. The Balaban J connectivity index is 1.90. The molecule has 3 rings (SSSR count). The topological polar surface area (TPSA) is 54.2 Å². The standard InChI is InChI=1S/C19H27FN4O/c1-19(2,12-25)11-24-18(14-9-16(10-14)23(3)4)21-17(22-24)13-5-7-15(20)8-6-13/h5-8,14,16,25H,9-12H2,1-4H3. The van der Waals surface area contributed by atoms with Gasteiger partial charge >= 0.3 is 0 Å². The van der Waals surface area contributed by atoms with Crippen LogP contribution in [0.1, 0.15) is 38.4 Å². The van der Waals surface area contributed by atoms with Crippen LogP contribution in [0.2, 0.25) is 0 Å². The number of rotatable bonds is 6. The van der Waals surface area contributed by atoms with E-state index in [1.807, 2.05) is 18.5 Å². The van der Waals surface area contributed by atoms with Gasteiger partial charge in [0.15, 0.2) is 5.82 Å². The van der Waals surface area contributed by atoms with Crippen molar-refractivity contribution in [3.8, 4) is 11.4 Å². The maximum atomic E-state index is 13.2. The molecule has 1 aromatic heterocycles. The second kappa shape index (κ2) is 6.84. The quantitative estimate of drug-likeness (QED) is 0.874. The smallest absolute Gasteiger partial charge is 0.181 e. The SMILES string of the molecule is CN(C)C1CC(c2nc(-c3ccc(F)cc3)nn2CC(C)(C)CO)C1. The molecule has 0 radical (unpaired) electrons. The van der Waals surface area contributed by atoms with Crippen molar-refractivity contribution in [1.29, 1.82) is 0 Å². The van der Waals surface area contributed by atoms with Crippen molar-refractivity contribution >= 4 is 0 Å². The molecule has 1 aromatic carbocycles. The molecule has 25 heavy (non-hydrogen) atoms. The summed E-state index contributed by atoms with van der Waals surface area (Å²) in [6, 6.07) is 6.85. The van der Waals surface area contributed by atoms with Crippen molar-refractivity contribution in [3.63, 3.8) is 0 Å². The molecule has 0 atom stereocenters. The second-order valence-electron chi connectivity index (χ2n) is 8.07. The van der Waals surface area contributed by atoms with Crippen LogP contribution in [-0.4, -0.2) is 51.5 Å². The van der Waals surface area contributed by atoms with Gasteiger partial charge in [-0.1, -0.05) is 13.8 Å². The fraction of sp³-hybridized carbons (Fsp3) is 0.579. The summed E-state index contributed by atoms with van der Waals surface area (Å²) >= 11 is 0. The summed E-state index contributed by atoms with van der Waals surface area (Å²) in [5.74, 6) is 1.71. The Morgan fingerprint density at radius 1 is 1.24 bits per heavy atom. The van der Waals surface area contributed by atoms with E-state index in [2.05, 4.69) is 24.1 Å². The van der Waals surface area contributed by atoms with Crippen molar-refractivity contribution < 1.29 is 9.50 Å². The number of aliphatic hydroxyl groups is 1. The van der Waals surface area contributed by atoms with Crippen molar-refractivity contribution in [1.82, 2.24) is 19.7 Å². The summed E-state index contributed by atoms with van der Waals surface area (Å²) in [6.07, 6.45) is 2.13. The summed E-state index contributed by atoms with van der Waals surface area (Å²) < 4.78 is 15.1. The van der Waals surface area contributed by atoms with Crippen LogP contribution in [0, 0.1) is 11.2 Å². The number of nitrogens with zero attached hydrogens (tertiary/aromatic N) is 4. The summed E-state index contributed by atoms with van der Waals surface area (Å²) in [5, 5.41) is 14.3. The first-order valence-electron chi connectivity index (χ1n) is 8.77. The van der Waals surface area contributed by atoms with Gasteiger partial charge in [-0.15, -0.1) is 0 Å². The lowest BCUT2D eigenvalue weighted by Crippen LogP contribution is -2.40. The molecule has 6 heteroatoms. The highest BCUT2D eigenvalue weighted by molar-refractivity contribution is 5.54. The van der Waals surface area contributed by atoms with Crippen LogP contribution < -0.4 is 0 Å². The summed E-state index contributed by atoms with van der Waals surface area (Å²) in [5.41, 5.74) is 0.541. The monoisotopic (exact) mass is 346 g/mol. The first kappa shape index (κ1) is 18.0. The van der Waals surface area contributed by atoms with Gasteiger partial charge in [0, 0.05) is 29.5 Å². The molecule has 136 valence electrons. The lowest BCUT2D eigenvalue weighted by Gasteiger charge is -2.39. The normalized spacial score (nSPS) is 20.8. The maximum Gasteiger partial charge on any atom is 0.181 e. The minimum atomic E-state index is -0.271. The lowest BCUT2D eigenvalue weighted by atomic mass is 9.79. The molecule has 1 fully saturated rings. The zero-order chi connectivity index (χ0) is 18.2. The van der Waals surface area contributed by atoms with E-state index in [0.717, 1.165) is 24.2 Å². The van der Waals surface area contributed by atoms with Crippen LogP contribution in [0.4, 0.5) is 4.39 Å². The molecule has 0 spiro atoms. The highest BCUT2D eigenvalue weighted by atomic mass is 19.1. The number of hydrogen-bond donors (Lipinski definition) is 1. The summed E-state index contributed by atoms with van der Waals surface area (Å²) in [4.78, 5) is 7.02. The lowest BCUT2D eigenvalue weighted by molar-refractivity contribution is 0.126. The third-order valence-electron chi connectivity index (χ3n) is 5.02. The molecule has 0 bridgehead atoms. The molecule has 0 saturated heterocycles. The minimum absolute atomic E-state index is 0.0865. The number of aromatic nitrogens is 3. The van der Waals surface area contributed by atoms with E-state index in [4.69, 9.17) is 4.98 Å². The molecule has 1 N–H and O–H groups in total. The Morgan fingerprint density at radius 2 is 1.88 bits per heavy atom. The third-order valence-corrected chi connectivity index (χ3v) is 5.02. The van der Waals surface area contributed by atoms with E-state index in [1.54, 1.807) is 12.1 Å². The van der Waals surface area contributed by atoms with Crippen LogP contribution >= 0.6 is 0 Å². The fourth-order valence-corrected chi connectivity index (χ4v) is 3.17. The van der Waals surface area contributed by atoms with Crippen LogP contribution in [0.15, 0.2) is 24.3 Å².